The number of carbonyl (C=O) groups excluding carboxylic acids is 1. The molecule has 0 aliphatic rings. The van der Waals surface area contributed by atoms with Crippen molar-refractivity contribution in [2.75, 3.05) is 19.3 Å². The third-order valence-corrected chi connectivity index (χ3v) is 13.5. The first-order chi connectivity index (χ1) is 21.0. The number of fused-ring (bicyclic) bond motifs is 3. The van der Waals surface area contributed by atoms with Crippen LogP contribution in [0, 0.1) is 0 Å². The van der Waals surface area contributed by atoms with Gasteiger partial charge in [0.1, 0.15) is 40.9 Å². The monoisotopic (exact) mass is 608 g/mol. The average Bonchev–Trinajstić information content (AvgIpc) is 3.43. The van der Waals surface area contributed by atoms with Gasteiger partial charge in [0, 0.05) is 23.3 Å². The Hall–Kier alpha value is -4.29. The second-order valence-corrected chi connectivity index (χ2v) is 15.6. The van der Waals surface area contributed by atoms with Crippen LogP contribution in [-0.2, 0) is 19.6 Å². The molecule has 6 rings (SSSR count). The molecule has 1 aromatic heterocycles. The standard InChI is InChI=1S/C35H31NO5PS/c37-35(26-36-43(38,39)30-21-22-32-31-19-10-11-20-33(31)41-34(32)25-30)40-23-12-24-42(27-13-4-1-5-14-27,28-15-6-2-7-16-28)29-17-8-3-9-18-29/h1-11,13-22,25,36H,12,23-24,26H2/q+1. The van der Waals surface area contributed by atoms with Crippen LogP contribution < -0.4 is 20.6 Å². The first kappa shape index (κ1) is 28.8. The maximum absolute atomic E-state index is 13.0. The number of hydrogen-bond donors (Lipinski definition) is 1. The van der Waals surface area contributed by atoms with E-state index in [2.05, 4.69) is 77.5 Å². The van der Waals surface area contributed by atoms with Gasteiger partial charge in [-0.1, -0.05) is 72.8 Å². The van der Waals surface area contributed by atoms with Crippen molar-refractivity contribution >= 4 is 61.1 Å². The fourth-order valence-corrected chi connectivity index (χ4v) is 10.8. The van der Waals surface area contributed by atoms with Gasteiger partial charge >= 0.3 is 5.97 Å². The quantitative estimate of drug-likeness (QED) is 0.114. The van der Waals surface area contributed by atoms with Crippen molar-refractivity contribution in [3.05, 3.63) is 133 Å². The van der Waals surface area contributed by atoms with E-state index in [1.807, 2.05) is 42.5 Å². The van der Waals surface area contributed by atoms with E-state index in [1.165, 1.54) is 28.0 Å². The summed E-state index contributed by atoms with van der Waals surface area (Å²) in [5, 5.41) is 5.51. The fourth-order valence-electron chi connectivity index (χ4n) is 5.53. The lowest BCUT2D eigenvalue weighted by Crippen LogP contribution is -2.34. The van der Waals surface area contributed by atoms with Gasteiger partial charge in [-0.3, -0.25) is 4.79 Å². The molecule has 0 radical (unpaired) electrons. The van der Waals surface area contributed by atoms with Crippen LogP contribution in [-0.4, -0.2) is 33.7 Å². The average molecular weight is 609 g/mol. The zero-order chi connectivity index (χ0) is 29.7. The second kappa shape index (κ2) is 12.5. The highest BCUT2D eigenvalue weighted by molar-refractivity contribution is 7.95. The van der Waals surface area contributed by atoms with E-state index in [0.29, 0.717) is 17.6 Å². The molecule has 0 fully saturated rings. The van der Waals surface area contributed by atoms with Gasteiger partial charge < -0.3 is 9.15 Å². The molecule has 1 heterocycles. The second-order valence-electron chi connectivity index (χ2n) is 10.2. The van der Waals surface area contributed by atoms with Crippen LogP contribution in [0.4, 0.5) is 0 Å². The van der Waals surface area contributed by atoms with E-state index in [-0.39, 0.29) is 11.5 Å². The number of esters is 1. The predicted octanol–water partition coefficient (Wildman–Crippen LogP) is 5.79. The molecular weight excluding hydrogens is 577 g/mol. The Morgan fingerprint density at radius 1 is 0.674 bits per heavy atom. The molecule has 0 bridgehead atoms. The van der Waals surface area contributed by atoms with Crippen LogP contribution in [0.5, 0.6) is 0 Å². The van der Waals surface area contributed by atoms with Crippen LogP contribution in [0.1, 0.15) is 6.42 Å². The minimum Gasteiger partial charge on any atom is -0.465 e. The molecule has 5 aromatic carbocycles. The summed E-state index contributed by atoms with van der Waals surface area (Å²) in [4.78, 5) is 12.6. The van der Waals surface area contributed by atoms with Crippen LogP contribution >= 0.6 is 7.26 Å². The molecule has 0 amide bonds. The Balaban J connectivity index is 1.13. The zero-order valence-corrected chi connectivity index (χ0v) is 25.1. The predicted molar refractivity (Wildman–Crippen MR) is 174 cm³/mol. The largest absolute Gasteiger partial charge is 0.465 e. The summed E-state index contributed by atoms with van der Waals surface area (Å²) in [6.45, 7) is -0.281. The molecule has 43 heavy (non-hydrogen) atoms. The number of hydrogen-bond acceptors (Lipinski definition) is 5. The van der Waals surface area contributed by atoms with Gasteiger partial charge in [0.05, 0.1) is 17.7 Å². The molecule has 8 heteroatoms. The number of sulfonamides is 1. The van der Waals surface area contributed by atoms with Gasteiger partial charge in [0.15, 0.2) is 0 Å². The minimum atomic E-state index is -3.95. The van der Waals surface area contributed by atoms with Gasteiger partial charge in [0.25, 0.3) is 0 Å². The normalized spacial score (nSPS) is 12.0. The van der Waals surface area contributed by atoms with Crippen molar-refractivity contribution in [2.24, 2.45) is 0 Å². The third kappa shape index (κ3) is 5.98. The van der Waals surface area contributed by atoms with Crippen LogP contribution in [0.15, 0.2) is 143 Å². The molecule has 6 nitrogen and oxygen atoms in total. The van der Waals surface area contributed by atoms with Gasteiger partial charge in [-0.2, -0.15) is 4.72 Å². The van der Waals surface area contributed by atoms with Crippen molar-refractivity contribution in [1.82, 2.24) is 4.72 Å². The molecule has 0 spiro atoms. The van der Waals surface area contributed by atoms with Crippen LogP contribution in [0.3, 0.4) is 0 Å². The van der Waals surface area contributed by atoms with E-state index in [0.717, 1.165) is 16.9 Å². The highest BCUT2D eigenvalue weighted by Gasteiger charge is 2.44. The molecule has 0 unspecified atom stereocenters. The lowest BCUT2D eigenvalue weighted by Gasteiger charge is -2.27. The molecular formula is C35H31NO5PS+. The van der Waals surface area contributed by atoms with Crippen LogP contribution in [0.2, 0.25) is 0 Å². The zero-order valence-electron chi connectivity index (χ0n) is 23.4. The number of nitrogens with one attached hydrogen (secondary N) is 1. The van der Waals surface area contributed by atoms with E-state index >= 15 is 0 Å². The van der Waals surface area contributed by atoms with Crippen molar-refractivity contribution in [1.29, 1.82) is 0 Å². The lowest BCUT2D eigenvalue weighted by molar-refractivity contribution is -0.142. The molecule has 216 valence electrons. The summed E-state index contributed by atoms with van der Waals surface area (Å²) in [6, 6.07) is 43.7. The summed E-state index contributed by atoms with van der Waals surface area (Å²) in [6.07, 6.45) is 1.41. The smallest absolute Gasteiger partial charge is 0.321 e. The third-order valence-electron chi connectivity index (χ3n) is 7.56. The van der Waals surface area contributed by atoms with Gasteiger partial charge in [0.2, 0.25) is 10.0 Å². The number of benzene rings is 5. The molecule has 0 aliphatic carbocycles. The van der Waals surface area contributed by atoms with Gasteiger partial charge in [-0.15, -0.1) is 0 Å². The van der Waals surface area contributed by atoms with E-state index in [4.69, 9.17) is 9.15 Å². The van der Waals surface area contributed by atoms with Gasteiger partial charge in [-0.05, 0) is 54.6 Å². The molecule has 6 aromatic rings. The topological polar surface area (TPSA) is 85.6 Å². The summed E-state index contributed by atoms with van der Waals surface area (Å²) < 4.78 is 39.7. The Kier molecular flexibility index (Phi) is 8.39. The fraction of sp³-hybridized carbons (Fsp3) is 0.114. The highest BCUT2D eigenvalue weighted by atomic mass is 32.2. The first-order valence-corrected chi connectivity index (χ1v) is 17.5. The summed E-state index contributed by atoms with van der Waals surface area (Å²) in [7, 11) is -5.99. The Labute approximate surface area is 251 Å². The Bertz CT molecular complexity index is 1860. The maximum atomic E-state index is 13.0. The lowest BCUT2D eigenvalue weighted by atomic mass is 10.2. The number of furan rings is 1. The van der Waals surface area contributed by atoms with Crippen molar-refractivity contribution < 1.29 is 22.4 Å². The Morgan fingerprint density at radius 3 is 1.81 bits per heavy atom. The van der Waals surface area contributed by atoms with E-state index in [1.54, 1.807) is 6.07 Å². The highest BCUT2D eigenvalue weighted by Crippen LogP contribution is 2.55. The van der Waals surface area contributed by atoms with Crippen molar-refractivity contribution in [2.45, 2.75) is 11.3 Å². The first-order valence-electron chi connectivity index (χ1n) is 14.1. The Morgan fingerprint density at radius 2 is 1.21 bits per heavy atom. The molecule has 0 saturated carbocycles. The van der Waals surface area contributed by atoms with E-state index < -0.39 is 29.8 Å². The number of para-hydroxylation sites is 1. The maximum Gasteiger partial charge on any atom is 0.321 e. The summed E-state index contributed by atoms with van der Waals surface area (Å²) >= 11 is 0. The van der Waals surface area contributed by atoms with Crippen molar-refractivity contribution in [3.63, 3.8) is 0 Å². The molecule has 0 saturated heterocycles. The summed E-state index contributed by atoms with van der Waals surface area (Å²) in [5.74, 6) is -0.628. The van der Waals surface area contributed by atoms with Gasteiger partial charge in [-0.25, -0.2) is 8.42 Å². The van der Waals surface area contributed by atoms with Crippen molar-refractivity contribution in [3.8, 4) is 0 Å². The minimum absolute atomic E-state index is 0.0232. The molecule has 1 N–H and O–H groups in total. The SMILES string of the molecule is O=C(CNS(=O)(=O)c1ccc2c(c1)oc1ccccc12)OCCC[P+](c1ccccc1)(c1ccccc1)c1ccccc1. The molecule has 0 atom stereocenters. The number of rotatable bonds is 11. The molecule has 0 aliphatic heterocycles. The summed E-state index contributed by atoms with van der Waals surface area (Å²) in [5.41, 5.74) is 1.15. The van der Waals surface area contributed by atoms with Crippen LogP contribution in [0.25, 0.3) is 21.9 Å². The number of ether oxygens (including phenoxy) is 1. The van der Waals surface area contributed by atoms with E-state index in [9.17, 15) is 13.2 Å². The number of carbonyl (C=O) groups is 1.